The molecule has 8 nitrogen and oxygen atoms in total. The van der Waals surface area contributed by atoms with Crippen LogP contribution in [0.4, 0.5) is 24.5 Å². The second kappa shape index (κ2) is 12.2. The zero-order valence-electron chi connectivity index (χ0n) is 19.7. The van der Waals surface area contributed by atoms with Crippen LogP contribution < -0.4 is 15.5 Å². The van der Waals surface area contributed by atoms with Crippen LogP contribution in [0.3, 0.4) is 0 Å². The first-order valence-electron chi connectivity index (χ1n) is 11.8. The van der Waals surface area contributed by atoms with Crippen LogP contribution in [-0.2, 0) is 14.3 Å². The molecule has 0 unspecified atom stereocenters. The van der Waals surface area contributed by atoms with Crippen LogP contribution in [0, 0.1) is 11.7 Å². The third-order valence-electron chi connectivity index (χ3n) is 6.05. The number of hydrogen-bond acceptors (Lipinski definition) is 6. The summed E-state index contributed by atoms with van der Waals surface area (Å²) in [5.74, 6) is -2.06. The molecule has 1 aromatic heterocycles. The standard InChI is InChI=1S/C24H26ClF3N4O4S/c25-20-6-5-19(37-20)24(35)29-10-18(31(12-21(27)28)11-14-1-2-14)23(34)30-15-3-4-17(16(26)9-15)32-7-8-36-13-22(32)33/h3-6,9,14,18,21H,1-2,7-8,10-13H2,(H,29,35)(H,30,34)/t18-/m1/s1. The van der Waals surface area contributed by atoms with Gasteiger partial charge in [0.1, 0.15) is 18.5 Å². The van der Waals surface area contributed by atoms with E-state index in [9.17, 15) is 27.6 Å². The lowest BCUT2D eigenvalue weighted by Gasteiger charge is -2.31. The Labute approximate surface area is 220 Å². The highest BCUT2D eigenvalue weighted by Crippen LogP contribution is 2.31. The zero-order chi connectivity index (χ0) is 26.5. The molecule has 2 aromatic rings. The van der Waals surface area contributed by atoms with E-state index in [-0.39, 0.29) is 56.0 Å². The van der Waals surface area contributed by atoms with Crippen molar-refractivity contribution in [3.63, 3.8) is 0 Å². The van der Waals surface area contributed by atoms with Gasteiger partial charge in [0.2, 0.25) is 5.91 Å². The smallest absolute Gasteiger partial charge is 0.261 e. The SMILES string of the molecule is O=C(NC[C@H](C(=O)Nc1ccc(N2CCOCC2=O)c(F)c1)N(CC(F)F)CC1CC1)c1ccc(Cl)s1. The molecule has 1 atom stereocenters. The summed E-state index contributed by atoms with van der Waals surface area (Å²) < 4.78 is 47.2. The molecule has 3 amide bonds. The molecule has 4 rings (SSSR count). The Balaban J connectivity index is 1.50. The molecule has 1 aliphatic carbocycles. The number of hydrogen-bond donors (Lipinski definition) is 2. The Bertz CT molecular complexity index is 1140. The average Bonchev–Trinajstić information content (AvgIpc) is 3.55. The largest absolute Gasteiger partial charge is 0.370 e. The fourth-order valence-corrected chi connectivity index (χ4v) is 5.00. The number of amides is 3. The Morgan fingerprint density at radius 1 is 1.24 bits per heavy atom. The highest BCUT2D eigenvalue weighted by molar-refractivity contribution is 7.18. The lowest BCUT2D eigenvalue weighted by Crippen LogP contribution is -2.52. The van der Waals surface area contributed by atoms with Crippen LogP contribution in [0.25, 0.3) is 0 Å². The average molecular weight is 559 g/mol. The van der Waals surface area contributed by atoms with Gasteiger partial charge in [-0.15, -0.1) is 11.3 Å². The Morgan fingerprint density at radius 2 is 2.03 bits per heavy atom. The van der Waals surface area contributed by atoms with E-state index in [1.165, 1.54) is 28.0 Å². The van der Waals surface area contributed by atoms with Crippen molar-refractivity contribution in [3.05, 3.63) is 45.4 Å². The molecule has 2 heterocycles. The van der Waals surface area contributed by atoms with Crippen LogP contribution in [0.1, 0.15) is 22.5 Å². The highest BCUT2D eigenvalue weighted by atomic mass is 35.5. The van der Waals surface area contributed by atoms with Crippen LogP contribution in [0.5, 0.6) is 0 Å². The number of benzene rings is 1. The van der Waals surface area contributed by atoms with Gasteiger partial charge in [-0.05, 0) is 49.1 Å². The van der Waals surface area contributed by atoms with E-state index in [0.717, 1.165) is 30.2 Å². The van der Waals surface area contributed by atoms with Crippen molar-refractivity contribution in [2.75, 3.05) is 49.6 Å². The number of carbonyl (C=O) groups is 3. The van der Waals surface area contributed by atoms with E-state index in [0.29, 0.717) is 9.21 Å². The minimum absolute atomic E-state index is 0.0535. The Kier molecular flexibility index (Phi) is 9.06. The molecule has 37 heavy (non-hydrogen) atoms. The van der Waals surface area contributed by atoms with E-state index >= 15 is 0 Å². The molecule has 1 saturated carbocycles. The summed E-state index contributed by atoms with van der Waals surface area (Å²) in [7, 11) is 0. The molecule has 13 heteroatoms. The second-order valence-corrected chi connectivity index (χ2v) is 10.6. The normalized spacial score (nSPS) is 16.8. The molecular formula is C24H26ClF3N4O4S. The van der Waals surface area contributed by atoms with E-state index in [2.05, 4.69) is 10.6 Å². The number of halogens is 4. The van der Waals surface area contributed by atoms with Gasteiger partial charge in [0.05, 0.1) is 28.1 Å². The molecule has 0 bridgehead atoms. The lowest BCUT2D eigenvalue weighted by molar-refractivity contribution is -0.125. The molecule has 1 saturated heterocycles. The summed E-state index contributed by atoms with van der Waals surface area (Å²) in [6.07, 6.45) is -0.939. The molecular weight excluding hydrogens is 533 g/mol. The number of anilines is 2. The van der Waals surface area contributed by atoms with Gasteiger partial charge < -0.3 is 20.3 Å². The predicted octanol–water partition coefficient (Wildman–Crippen LogP) is 3.62. The van der Waals surface area contributed by atoms with E-state index in [4.69, 9.17) is 16.3 Å². The summed E-state index contributed by atoms with van der Waals surface area (Å²) in [4.78, 5) is 40.8. The second-order valence-electron chi connectivity index (χ2n) is 8.87. The molecule has 0 spiro atoms. The van der Waals surface area contributed by atoms with Crippen molar-refractivity contribution in [1.29, 1.82) is 0 Å². The van der Waals surface area contributed by atoms with E-state index in [1.807, 2.05) is 0 Å². The van der Waals surface area contributed by atoms with Gasteiger partial charge >= 0.3 is 0 Å². The van der Waals surface area contributed by atoms with Gasteiger partial charge in [-0.3, -0.25) is 19.3 Å². The van der Waals surface area contributed by atoms with Crippen molar-refractivity contribution in [1.82, 2.24) is 10.2 Å². The van der Waals surface area contributed by atoms with E-state index in [1.54, 1.807) is 6.07 Å². The predicted molar refractivity (Wildman–Crippen MR) is 134 cm³/mol. The van der Waals surface area contributed by atoms with Crippen molar-refractivity contribution in [3.8, 4) is 0 Å². The van der Waals surface area contributed by atoms with Crippen LogP contribution in [-0.4, -0.2) is 74.5 Å². The number of rotatable bonds is 11. The Morgan fingerprint density at radius 3 is 2.65 bits per heavy atom. The van der Waals surface area contributed by atoms with Crippen molar-refractivity contribution < 1.29 is 32.3 Å². The summed E-state index contributed by atoms with van der Waals surface area (Å²) in [6.45, 7) is -0.290. The van der Waals surface area contributed by atoms with Crippen LogP contribution in [0.15, 0.2) is 30.3 Å². The third-order valence-corrected chi connectivity index (χ3v) is 7.28. The fourth-order valence-electron chi connectivity index (χ4n) is 4.04. The van der Waals surface area contributed by atoms with Crippen molar-refractivity contribution >= 4 is 52.0 Å². The zero-order valence-corrected chi connectivity index (χ0v) is 21.3. The number of ether oxygens (including phenoxy) is 1. The number of alkyl halides is 2. The van der Waals surface area contributed by atoms with Crippen molar-refractivity contribution in [2.24, 2.45) is 5.92 Å². The summed E-state index contributed by atoms with van der Waals surface area (Å²) in [6, 6.07) is 5.83. The highest BCUT2D eigenvalue weighted by Gasteiger charge is 2.34. The molecule has 2 N–H and O–H groups in total. The van der Waals surface area contributed by atoms with Gasteiger partial charge in [-0.25, -0.2) is 13.2 Å². The van der Waals surface area contributed by atoms with Gasteiger partial charge in [-0.1, -0.05) is 11.6 Å². The minimum Gasteiger partial charge on any atom is -0.370 e. The first-order chi connectivity index (χ1) is 17.7. The number of morpholine rings is 1. The number of carbonyl (C=O) groups excluding carboxylic acids is 3. The number of nitrogens with zero attached hydrogens (tertiary/aromatic N) is 2. The maximum Gasteiger partial charge on any atom is 0.261 e. The summed E-state index contributed by atoms with van der Waals surface area (Å²) >= 11 is 6.94. The molecule has 2 aliphatic rings. The Hall–Kier alpha value is -2.67. The van der Waals surface area contributed by atoms with Crippen molar-refractivity contribution in [2.45, 2.75) is 25.3 Å². The number of nitrogens with one attached hydrogen (secondary N) is 2. The van der Waals surface area contributed by atoms with Crippen LogP contribution in [0.2, 0.25) is 4.34 Å². The first kappa shape index (κ1) is 27.4. The molecule has 1 aliphatic heterocycles. The van der Waals surface area contributed by atoms with Crippen LogP contribution >= 0.6 is 22.9 Å². The first-order valence-corrected chi connectivity index (χ1v) is 12.9. The van der Waals surface area contributed by atoms with Gasteiger partial charge in [0, 0.05) is 25.3 Å². The summed E-state index contributed by atoms with van der Waals surface area (Å²) in [5, 5.41) is 5.21. The summed E-state index contributed by atoms with van der Waals surface area (Å²) in [5.41, 5.74) is 0.148. The molecule has 1 aromatic carbocycles. The van der Waals surface area contributed by atoms with Gasteiger partial charge in [0.25, 0.3) is 18.2 Å². The minimum atomic E-state index is -2.69. The molecule has 0 radical (unpaired) electrons. The third kappa shape index (κ3) is 7.44. The van der Waals surface area contributed by atoms with Gasteiger partial charge in [0.15, 0.2) is 0 Å². The topological polar surface area (TPSA) is 91.0 Å². The maximum atomic E-state index is 14.9. The van der Waals surface area contributed by atoms with Gasteiger partial charge in [-0.2, -0.15) is 0 Å². The fraction of sp³-hybridized carbons (Fsp3) is 0.458. The quantitative estimate of drug-likeness (QED) is 0.440. The lowest BCUT2D eigenvalue weighted by atomic mass is 10.1. The monoisotopic (exact) mass is 558 g/mol. The van der Waals surface area contributed by atoms with E-state index < -0.39 is 36.6 Å². The molecule has 200 valence electrons. The molecule has 2 fully saturated rings. The maximum absolute atomic E-state index is 14.9. The number of thiophene rings is 1.